The van der Waals surface area contributed by atoms with Crippen LogP contribution in [0.15, 0.2) is 4.90 Å². The van der Waals surface area contributed by atoms with Crippen LogP contribution in [-0.2, 0) is 11.1 Å². The molecule has 0 bridgehead atoms. The van der Waals surface area contributed by atoms with Crippen LogP contribution in [0.5, 0.6) is 5.75 Å². The first kappa shape index (κ1) is 13.6. The van der Waals surface area contributed by atoms with Crippen LogP contribution < -0.4 is 4.74 Å². The third kappa shape index (κ3) is 1.97. The van der Waals surface area contributed by atoms with Gasteiger partial charge in [0.25, 0.3) is 0 Å². The summed E-state index contributed by atoms with van der Waals surface area (Å²) in [6.07, 6.45) is 1.16. The molecule has 1 heterocycles. The number of hydrogen-bond acceptors (Lipinski definition) is 2. The van der Waals surface area contributed by atoms with E-state index in [1.165, 1.54) is 0 Å². The van der Waals surface area contributed by atoms with E-state index in [2.05, 4.69) is 13.8 Å². The fourth-order valence-corrected chi connectivity index (χ4v) is 3.78. The van der Waals surface area contributed by atoms with E-state index in [4.69, 9.17) is 4.74 Å². The molecule has 1 aromatic carbocycles. The molecule has 18 heavy (non-hydrogen) atoms. The summed E-state index contributed by atoms with van der Waals surface area (Å²) in [5.74, 6) is 1.29. The molecular weight excluding hydrogens is 248 g/mol. The van der Waals surface area contributed by atoms with E-state index in [0.717, 1.165) is 34.4 Å². The first-order valence-corrected chi connectivity index (χ1v) is 7.36. The molecule has 1 aliphatic heterocycles. The zero-order valence-corrected chi connectivity index (χ0v) is 12.4. The zero-order chi connectivity index (χ0) is 13.6. The first-order valence-electron chi connectivity index (χ1n) is 6.25. The van der Waals surface area contributed by atoms with E-state index in [1.807, 2.05) is 20.8 Å². The Labute approximate surface area is 111 Å². The average Bonchev–Trinajstić information content (AvgIpc) is 2.24. The molecule has 0 radical (unpaired) electrons. The second kappa shape index (κ2) is 4.67. The van der Waals surface area contributed by atoms with Crippen LogP contribution in [0.4, 0.5) is 0 Å². The molecule has 3 unspecified atom stereocenters. The van der Waals surface area contributed by atoms with E-state index in [0.29, 0.717) is 10.8 Å². The fraction of sp³-hybridized carbons (Fsp3) is 0.571. The number of fused-ring (bicyclic) bond motifs is 1. The summed E-state index contributed by atoms with van der Waals surface area (Å²) < 4.78 is 27.0. The largest absolute Gasteiger partial charge is 0.490 e. The summed E-state index contributed by atoms with van der Waals surface area (Å²) in [6.45, 7) is 10.0. The maximum atomic E-state index is 11.5. The van der Waals surface area contributed by atoms with Crippen LogP contribution in [0.3, 0.4) is 0 Å². The Morgan fingerprint density at radius 3 is 2.33 bits per heavy atom. The van der Waals surface area contributed by atoms with Gasteiger partial charge in [0.1, 0.15) is 5.75 Å². The molecule has 0 amide bonds. The van der Waals surface area contributed by atoms with Crippen molar-refractivity contribution in [2.45, 2.75) is 58.0 Å². The second-order valence-electron chi connectivity index (χ2n) is 5.26. The van der Waals surface area contributed by atoms with Crippen LogP contribution in [-0.4, -0.2) is 14.9 Å². The van der Waals surface area contributed by atoms with Crippen LogP contribution in [0, 0.1) is 20.8 Å². The summed E-state index contributed by atoms with van der Waals surface area (Å²) in [4.78, 5) is 0.552. The lowest BCUT2D eigenvalue weighted by Gasteiger charge is -2.32. The van der Waals surface area contributed by atoms with E-state index in [9.17, 15) is 8.76 Å². The normalized spacial score (nSPS) is 24.3. The van der Waals surface area contributed by atoms with Gasteiger partial charge in [-0.05, 0) is 56.7 Å². The molecule has 1 N–H and O–H groups in total. The predicted molar refractivity (Wildman–Crippen MR) is 72.8 cm³/mol. The predicted octanol–water partition coefficient (Wildman–Crippen LogP) is 3.47. The molecule has 0 aliphatic carbocycles. The third-order valence-corrected chi connectivity index (χ3v) is 4.87. The SMILES string of the molecule is Cc1c(C)c(S(=O)O)c(C)c2c1OC(C)CC2C. The van der Waals surface area contributed by atoms with Gasteiger partial charge in [-0.3, -0.25) is 0 Å². The van der Waals surface area contributed by atoms with Crippen LogP contribution in [0.25, 0.3) is 0 Å². The molecule has 1 aromatic rings. The minimum absolute atomic E-state index is 0.204. The van der Waals surface area contributed by atoms with Gasteiger partial charge in [-0.25, -0.2) is 4.21 Å². The quantitative estimate of drug-likeness (QED) is 0.793. The first-order chi connectivity index (χ1) is 8.34. The number of hydrogen-bond donors (Lipinski definition) is 1. The Kier molecular flexibility index (Phi) is 3.52. The summed E-state index contributed by atoms with van der Waals surface area (Å²) in [5, 5.41) is 0. The molecule has 2 rings (SSSR count). The Morgan fingerprint density at radius 1 is 1.17 bits per heavy atom. The van der Waals surface area contributed by atoms with Crippen molar-refractivity contribution in [1.82, 2.24) is 0 Å². The molecule has 100 valence electrons. The minimum Gasteiger partial charge on any atom is -0.490 e. The Morgan fingerprint density at radius 2 is 1.78 bits per heavy atom. The number of benzene rings is 1. The average molecular weight is 268 g/mol. The minimum atomic E-state index is -1.94. The molecule has 0 aromatic heterocycles. The zero-order valence-electron chi connectivity index (χ0n) is 11.5. The van der Waals surface area contributed by atoms with Gasteiger partial charge in [0.15, 0.2) is 11.1 Å². The summed E-state index contributed by atoms with van der Waals surface area (Å²) in [7, 11) is 0. The highest BCUT2D eigenvalue weighted by atomic mass is 32.2. The lowest BCUT2D eigenvalue weighted by atomic mass is 9.85. The van der Waals surface area contributed by atoms with Crippen molar-refractivity contribution in [3.05, 3.63) is 22.3 Å². The van der Waals surface area contributed by atoms with E-state index >= 15 is 0 Å². The molecule has 3 atom stereocenters. The lowest BCUT2D eigenvalue weighted by molar-refractivity contribution is 0.177. The monoisotopic (exact) mass is 268 g/mol. The maximum absolute atomic E-state index is 11.5. The van der Waals surface area contributed by atoms with Gasteiger partial charge in [-0.1, -0.05) is 6.92 Å². The van der Waals surface area contributed by atoms with Gasteiger partial charge in [0.2, 0.25) is 0 Å². The van der Waals surface area contributed by atoms with Crippen molar-refractivity contribution in [2.75, 3.05) is 0 Å². The van der Waals surface area contributed by atoms with Crippen LogP contribution in [0.2, 0.25) is 0 Å². The molecular formula is C14H20O3S. The maximum Gasteiger partial charge on any atom is 0.187 e. The summed E-state index contributed by atoms with van der Waals surface area (Å²) in [5.41, 5.74) is 3.88. The van der Waals surface area contributed by atoms with Crippen molar-refractivity contribution in [3.8, 4) is 5.75 Å². The van der Waals surface area contributed by atoms with Crippen molar-refractivity contribution >= 4 is 11.1 Å². The fourth-order valence-electron chi connectivity index (χ4n) is 2.99. The van der Waals surface area contributed by atoms with Crippen molar-refractivity contribution in [2.24, 2.45) is 0 Å². The van der Waals surface area contributed by atoms with E-state index in [1.54, 1.807) is 0 Å². The van der Waals surface area contributed by atoms with Crippen molar-refractivity contribution in [3.63, 3.8) is 0 Å². The molecule has 4 heteroatoms. The van der Waals surface area contributed by atoms with Gasteiger partial charge in [-0.15, -0.1) is 0 Å². The highest BCUT2D eigenvalue weighted by Gasteiger charge is 2.29. The Hall–Kier alpha value is -0.870. The van der Waals surface area contributed by atoms with Crippen LogP contribution >= 0.6 is 0 Å². The lowest BCUT2D eigenvalue weighted by Crippen LogP contribution is -2.24. The van der Waals surface area contributed by atoms with Gasteiger partial charge >= 0.3 is 0 Å². The number of ether oxygens (including phenoxy) is 1. The molecule has 0 fully saturated rings. The Balaban J connectivity index is 2.77. The van der Waals surface area contributed by atoms with Gasteiger partial charge in [0, 0.05) is 5.56 Å². The Bertz CT molecular complexity index is 523. The summed E-state index contributed by atoms with van der Waals surface area (Å²) >= 11 is -1.94. The van der Waals surface area contributed by atoms with E-state index < -0.39 is 11.1 Å². The number of rotatable bonds is 1. The van der Waals surface area contributed by atoms with Gasteiger partial charge < -0.3 is 9.29 Å². The van der Waals surface area contributed by atoms with E-state index in [-0.39, 0.29) is 6.10 Å². The molecule has 3 nitrogen and oxygen atoms in total. The molecule has 1 aliphatic rings. The topological polar surface area (TPSA) is 46.5 Å². The highest BCUT2D eigenvalue weighted by molar-refractivity contribution is 7.79. The van der Waals surface area contributed by atoms with Gasteiger partial charge in [-0.2, -0.15) is 0 Å². The third-order valence-electron chi connectivity index (χ3n) is 3.90. The van der Waals surface area contributed by atoms with Crippen molar-refractivity contribution < 1.29 is 13.5 Å². The smallest absolute Gasteiger partial charge is 0.187 e. The van der Waals surface area contributed by atoms with Gasteiger partial charge in [0.05, 0.1) is 11.0 Å². The summed E-state index contributed by atoms with van der Waals surface area (Å²) in [6, 6.07) is 0. The molecule has 0 saturated heterocycles. The highest BCUT2D eigenvalue weighted by Crippen LogP contribution is 2.44. The second-order valence-corrected chi connectivity index (χ2v) is 6.17. The standard InChI is InChI=1S/C14H20O3S/c1-7-6-8(2)17-13-9(3)10(4)14(18(15)16)11(5)12(7)13/h7-8H,6H2,1-5H3,(H,15,16). The molecule has 0 saturated carbocycles. The van der Waals surface area contributed by atoms with Crippen molar-refractivity contribution in [1.29, 1.82) is 0 Å². The molecule has 0 spiro atoms. The van der Waals surface area contributed by atoms with Crippen LogP contribution in [0.1, 0.15) is 48.4 Å².